The molecule has 2 atom stereocenters. The lowest BCUT2D eigenvalue weighted by molar-refractivity contribution is 0.336. The van der Waals surface area contributed by atoms with Crippen LogP contribution in [0.1, 0.15) is 18.1 Å². The molecule has 0 amide bonds. The second kappa shape index (κ2) is 5.52. The number of methoxy groups -OCH3 is 1. The number of piperazine rings is 1. The second-order valence-corrected chi connectivity index (χ2v) is 4.81. The van der Waals surface area contributed by atoms with Gasteiger partial charge in [-0.15, -0.1) is 0 Å². The first-order valence-corrected chi connectivity index (χ1v) is 6.31. The minimum atomic E-state index is 0.525. The van der Waals surface area contributed by atoms with Crippen molar-refractivity contribution in [3.8, 4) is 5.75 Å². The number of hydrogen-bond donors (Lipinski definition) is 2. The molecule has 0 bridgehead atoms. The van der Waals surface area contributed by atoms with Gasteiger partial charge in [0.1, 0.15) is 5.75 Å². The molecule has 1 fully saturated rings. The third-order valence-electron chi connectivity index (χ3n) is 3.52. The van der Waals surface area contributed by atoms with E-state index in [2.05, 4.69) is 42.7 Å². The monoisotopic (exact) mass is 234 g/mol. The molecule has 3 heteroatoms. The van der Waals surface area contributed by atoms with Crippen LogP contribution in [0, 0.1) is 6.92 Å². The maximum absolute atomic E-state index is 5.28. The zero-order valence-electron chi connectivity index (χ0n) is 10.9. The first-order chi connectivity index (χ1) is 8.20. The Balaban J connectivity index is 2.05. The van der Waals surface area contributed by atoms with E-state index in [4.69, 9.17) is 4.74 Å². The summed E-state index contributed by atoms with van der Waals surface area (Å²) in [6.07, 6.45) is 1.07. The highest BCUT2D eigenvalue weighted by Gasteiger charge is 2.20. The molecular weight excluding hydrogens is 212 g/mol. The SMILES string of the molecule is COc1ccc(CC2NCCNC2C)cc1C. The summed E-state index contributed by atoms with van der Waals surface area (Å²) in [7, 11) is 1.72. The smallest absolute Gasteiger partial charge is 0.121 e. The van der Waals surface area contributed by atoms with E-state index >= 15 is 0 Å². The maximum atomic E-state index is 5.28. The van der Waals surface area contributed by atoms with E-state index in [9.17, 15) is 0 Å². The highest BCUT2D eigenvalue weighted by Crippen LogP contribution is 2.19. The summed E-state index contributed by atoms with van der Waals surface area (Å²) < 4.78 is 5.28. The van der Waals surface area contributed by atoms with Gasteiger partial charge in [0.05, 0.1) is 7.11 Å². The topological polar surface area (TPSA) is 33.3 Å². The Morgan fingerprint density at radius 1 is 1.29 bits per heavy atom. The van der Waals surface area contributed by atoms with Gasteiger partial charge in [0.2, 0.25) is 0 Å². The van der Waals surface area contributed by atoms with E-state index in [1.165, 1.54) is 11.1 Å². The van der Waals surface area contributed by atoms with Crippen molar-refractivity contribution in [3.63, 3.8) is 0 Å². The molecule has 1 heterocycles. The van der Waals surface area contributed by atoms with Gasteiger partial charge in [-0.2, -0.15) is 0 Å². The van der Waals surface area contributed by atoms with Gasteiger partial charge >= 0.3 is 0 Å². The van der Waals surface area contributed by atoms with Gasteiger partial charge in [-0.05, 0) is 37.5 Å². The molecule has 1 aromatic rings. The molecule has 1 aliphatic heterocycles. The molecule has 94 valence electrons. The van der Waals surface area contributed by atoms with Gasteiger partial charge in [-0.1, -0.05) is 12.1 Å². The molecular formula is C14H22N2O. The number of benzene rings is 1. The van der Waals surface area contributed by atoms with E-state index in [-0.39, 0.29) is 0 Å². The Hall–Kier alpha value is -1.06. The molecule has 1 aromatic carbocycles. The van der Waals surface area contributed by atoms with E-state index in [1.54, 1.807) is 7.11 Å². The highest BCUT2D eigenvalue weighted by molar-refractivity contribution is 5.36. The summed E-state index contributed by atoms with van der Waals surface area (Å²) >= 11 is 0. The fraction of sp³-hybridized carbons (Fsp3) is 0.571. The molecule has 3 nitrogen and oxygen atoms in total. The van der Waals surface area contributed by atoms with Crippen LogP contribution >= 0.6 is 0 Å². The van der Waals surface area contributed by atoms with Crippen LogP contribution in [0.5, 0.6) is 5.75 Å². The predicted octanol–water partition coefficient (Wildman–Crippen LogP) is 1.50. The quantitative estimate of drug-likeness (QED) is 0.831. The highest BCUT2D eigenvalue weighted by atomic mass is 16.5. The Morgan fingerprint density at radius 3 is 2.71 bits per heavy atom. The fourth-order valence-corrected chi connectivity index (χ4v) is 2.45. The van der Waals surface area contributed by atoms with E-state index in [0.717, 1.165) is 25.3 Å². The average Bonchev–Trinajstić information content (AvgIpc) is 2.32. The third kappa shape index (κ3) is 2.99. The van der Waals surface area contributed by atoms with Crippen molar-refractivity contribution in [2.24, 2.45) is 0 Å². The van der Waals surface area contributed by atoms with Crippen molar-refractivity contribution in [2.75, 3.05) is 20.2 Å². The third-order valence-corrected chi connectivity index (χ3v) is 3.52. The van der Waals surface area contributed by atoms with Gasteiger partial charge in [0.25, 0.3) is 0 Å². The van der Waals surface area contributed by atoms with Crippen LogP contribution in [0.15, 0.2) is 18.2 Å². The van der Waals surface area contributed by atoms with Gasteiger partial charge in [0, 0.05) is 25.2 Å². The van der Waals surface area contributed by atoms with Crippen molar-refractivity contribution < 1.29 is 4.74 Å². The van der Waals surface area contributed by atoms with Crippen LogP contribution in [-0.4, -0.2) is 32.3 Å². The maximum Gasteiger partial charge on any atom is 0.121 e. The molecule has 0 spiro atoms. The van der Waals surface area contributed by atoms with Crippen molar-refractivity contribution in [2.45, 2.75) is 32.4 Å². The molecule has 2 N–H and O–H groups in total. The molecule has 1 aliphatic rings. The summed E-state index contributed by atoms with van der Waals surface area (Å²) in [5.74, 6) is 0.969. The van der Waals surface area contributed by atoms with Gasteiger partial charge in [0.15, 0.2) is 0 Å². The van der Waals surface area contributed by atoms with E-state index < -0.39 is 0 Å². The zero-order valence-corrected chi connectivity index (χ0v) is 10.9. The lowest BCUT2D eigenvalue weighted by atomic mass is 9.97. The second-order valence-electron chi connectivity index (χ2n) is 4.81. The van der Waals surface area contributed by atoms with Crippen LogP contribution in [0.4, 0.5) is 0 Å². The molecule has 0 radical (unpaired) electrons. The van der Waals surface area contributed by atoms with Crippen LogP contribution in [-0.2, 0) is 6.42 Å². The fourth-order valence-electron chi connectivity index (χ4n) is 2.45. The van der Waals surface area contributed by atoms with Crippen LogP contribution in [0.2, 0.25) is 0 Å². The number of rotatable bonds is 3. The summed E-state index contributed by atoms with van der Waals surface area (Å²) in [4.78, 5) is 0. The molecule has 0 aliphatic carbocycles. The molecule has 0 saturated carbocycles. The molecule has 2 rings (SSSR count). The van der Waals surface area contributed by atoms with E-state index in [1.807, 2.05) is 0 Å². The van der Waals surface area contributed by atoms with Gasteiger partial charge in [-0.3, -0.25) is 0 Å². The van der Waals surface area contributed by atoms with Gasteiger partial charge in [-0.25, -0.2) is 0 Å². The first kappa shape index (κ1) is 12.4. The summed E-state index contributed by atoms with van der Waals surface area (Å²) in [5.41, 5.74) is 2.58. The molecule has 1 saturated heterocycles. The number of aryl methyl sites for hydroxylation is 1. The van der Waals surface area contributed by atoms with Gasteiger partial charge < -0.3 is 15.4 Å². The van der Waals surface area contributed by atoms with Crippen LogP contribution < -0.4 is 15.4 Å². The summed E-state index contributed by atoms with van der Waals surface area (Å²) in [5, 5.41) is 7.07. The summed E-state index contributed by atoms with van der Waals surface area (Å²) in [6, 6.07) is 7.50. The Labute approximate surface area is 104 Å². The number of ether oxygens (including phenoxy) is 1. The Kier molecular flexibility index (Phi) is 4.02. The average molecular weight is 234 g/mol. The number of hydrogen-bond acceptors (Lipinski definition) is 3. The minimum absolute atomic E-state index is 0.525. The Morgan fingerprint density at radius 2 is 2.06 bits per heavy atom. The molecule has 17 heavy (non-hydrogen) atoms. The number of nitrogens with one attached hydrogen (secondary N) is 2. The van der Waals surface area contributed by atoms with Crippen molar-refractivity contribution >= 4 is 0 Å². The predicted molar refractivity (Wildman–Crippen MR) is 70.7 cm³/mol. The van der Waals surface area contributed by atoms with Crippen molar-refractivity contribution in [1.29, 1.82) is 0 Å². The molecule has 0 aromatic heterocycles. The standard InChI is InChI=1S/C14H22N2O/c1-10-8-12(4-5-14(10)17-3)9-13-11(2)15-6-7-16-13/h4-5,8,11,13,15-16H,6-7,9H2,1-3H3. The van der Waals surface area contributed by atoms with Crippen molar-refractivity contribution in [1.82, 2.24) is 10.6 Å². The summed E-state index contributed by atoms with van der Waals surface area (Å²) in [6.45, 7) is 6.47. The van der Waals surface area contributed by atoms with Crippen LogP contribution in [0.25, 0.3) is 0 Å². The van der Waals surface area contributed by atoms with Crippen LogP contribution in [0.3, 0.4) is 0 Å². The van der Waals surface area contributed by atoms with Crippen molar-refractivity contribution in [3.05, 3.63) is 29.3 Å². The molecule has 2 unspecified atom stereocenters. The lowest BCUT2D eigenvalue weighted by Gasteiger charge is -2.31. The lowest BCUT2D eigenvalue weighted by Crippen LogP contribution is -2.55. The zero-order chi connectivity index (χ0) is 12.3. The Bertz CT molecular complexity index is 378. The van der Waals surface area contributed by atoms with E-state index in [0.29, 0.717) is 12.1 Å². The normalized spacial score (nSPS) is 24.6. The largest absolute Gasteiger partial charge is 0.496 e. The minimum Gasteiger partial charge on any atom is -0.496 e. The first-order valence-electron chi connectivity index (χ1n) is 6.31.